The van der Waals surface area contributed by atoms with E-state index in [0.717, 1.165) is 56.3 Å². The lowest BCUT2D eigenvalue weighted by Gasteiger charge is -2.34. The van der Waals surface area contributed by atoms with Crippen molar-refractivity contribution in [3.8, 4) is 0 Å². The molecule has 1 saturated heterocycles. The third kappa shape index (κ3) is 2.92. The Kier molecular flexibility index (Phi) is 3.71. The minimum absolute atomic E-state index is 0.422. The van der Waals surface area contributed by atoms with Crippen LogP contribution in [0.15, 0.2) is 4.52 Å². The van der Waals surface area contributed by atoms with Crippen molar-refractivity contribution in [3.63, 3.8) is 0 Å². The van der Waals surface area contributed by atoms with Gasteiger partial charge >= 0.3 is 0 Å². The smallest absolute Gasteiger partial charge is 0.229 e. The average molecular weight is 339 g/mol. The van der Waals surface area contributed by atoms with Gasteiger partial charge in [-0.2, -0.15) is 4.98 Å². The summed E-state index contributed by atoms with van der Waals surface area (Å²) in [7, 11) is 0. The number of hydrogen-bond donors (Lipinski definition) is 0. The molecule has 2 aromatic rings. The lowest BCUT2D eigenvalue weighted by Crippen LogP contribution is -2.35. The first-order chi connectivity index (χ1) is 12.3. The molecule has 25 heavy (non-hydrogen) atoms. The predicted molar refractivity (Wildman–Crippen MR) is 93.9 cm³/mol. The highest BCUT2D eigenvalue weighted by atomic mass is 16.5. The second kappa shape index (κ2) is 6.07. The molecule has 0 N–H and O–H groups in total. The van der Waals surface area contributed by atoms with E-state index < -0.39 is 0 Å². The summed E-state index contributed by atoms with van der Waals surface area (Å²) in [5.74, 6) is 4.83. The normalized spacial score (nSPS) is 21.4. The van der Waals surface area contributed by atoms with Gasteiger partial charge in [0.15, 0.2) is 5.82 Å². The number of anilines is 1. The van der Waals surface area contributed by atoms with Gasteiger partial charge in [0, 0.05) is 36.2 Å². The van der Waals surface area contributed by atoms with Crippen LogP contribution in [0.1, 0.15) is 79.2 Å². The van der Waals surface area contributed by atoms with E-state index in [-0.39, 0.29) is 0 Å². The van der Waals surface area contributed by atoms with E-state index in [1.165, 1.54) is 42.8 Å². The molecular weight excluding hydrogens is 314 g/mol. The Morgan fingerprint density at radius 2 is 1.72 bits per heavy atom. The van der Waals surface area contributed by atoms with Gasteiger partial charge in [0.2, 0.25) is 5.89 Å². The first kappa shape index (κ1) is 15.3. The lowest BCUT2D eigenvalue weighted by molar-refractivity contribution is 0.364. The van der Waals surface area contributed by atoms with Crippen molar-refractivity contribution in [2.45, 2.75) is 70.1 Å². The van der Waals surface area contributed by atoms with Crippen LogP contribution in [-0.2, 0) is 12.8 Å². The Morgan fingerprint density at radius 1 is 0.920 bits per heavy atom. The SMILES string of the molecule is Cc1nc2c(c(N3CCC(c4noc(C5CC5)n4)CC3)n1)CCCC2. The molecule has 6 nitrogen and oxygen atoms in total. The molecule has 2 aromatic heterocycles. The quantitative estimate of drug-likeness (QED) is 0.854. The molecule has 0 amide bonds. The summed E-state index contributed by atoms with van der Waals surface area (Å²) in [4.78, 5) is 16.6. The molecule has 3 heterocycles. The van der Waals surface area contributed by atoms with Crippen LogP contribution in [0.2, 0.25) is 0 Å². The molecule has 0 radical (unpaired) electrons. The number of aromatic nitrogens is 4. The summed E-state index contributed by atoms with van der Waals surface area (Å²) in [6.45, 7) is 4.05. The number of nitrogens with zero attached hydrogens (tertiary/aromatic N) is 5. The van der Waals surface area contributed by atoms with Gasteiger partial charge in [0.05, 0.1) is 0 Å². The van der Waals surface area contributed by atoms with Crippen molar-refractivity contribution < 1.29 is 4.52 Å². The molecule has 1 saturated carbocycles. The van der Waals surface area contributed by atoms with Gasteiger partial charge in [-0.1, -0.05) is 5.16 Å². The maximum Gasteiger partial charge on any atom is 0.229 e. The molecule has 1 aliphatic heterocycles. The van der Waals surface area contributed by atoms with Crippen LogP contribution in [0.5, 0.6) is 0 Å². The highest BCUT2D eigenvalue weighted by Gasteiger charge is 2.32. The van der Waals surface area contributed by atoms with Crippen molar-refractivity contribution in [1.29, 1.82) is 0 Å². The lowest BCUT2D eigenvalue weighted by atomic mass is 9.93. The summed E-state index contributed by atoms with van der Waals surface area (Å²) in [6, 6.07) is 0. The van der Waals surface area contributed by atoms with E-state index in [9.17, 15) is 0 Å². The number of aryl methyl sites for hydroxylation is 2. The summed E-state index contributed by atoms with van der Waals surface area (Å²) in [5.41, 5.74) is 2.67. The zero-order chi connectivity index (χ0) is 16.8. The summed E-state index contributed by atoms with van der Waals surface area (Å²) < 4.78 is 5.45. The van der Waals surface area contributed by atoms with Crippen molar-refractivity contribution in [3.05, 3.63) is 28.8 Å². The van der Waals surface area contributed by atoms with Gasteiger partial charge in [-0.3, -0.25) is 0 Å². The number of fused-ring (bicyclic) bond motifs is 1. The zero-order valence-corrected chi connectivity index (χ0v) is 14.9. The standard InChI is InChI=1S/C19H25N5O/c1-12-20-16-5-3-2-4-15(16)18(21-12)24-10-8-13(9-11-24)17-22-19(25-23-17)14-6-7-14/h13-14H,2-11H2,1H3. The number of hydrogen-bond acceptors (Lipinski definition) is 6. The van der Waals surface area contributed by atoms with Gasteiger partial charge < -0.3 is 9.42 Å². The van der Waals surface area contributed by atoms with E-state index in [1.807, 2.05) is 6.92 Å². The average Bonchev–Trinajstić information content (AvgIpc) is 3.38. The fourth-order valence-corrected chi connectivity index (χ4v) is 4.21. The second-order valence-corrected chi connectivity index (χ2v) is 7.75. The monoisotopic (exact) mass is 339 g/mol. The van der Waals surface area contributed by atoms with E-state index >= 15 is 0 Å². The van der Waals surface area contributed by atoms with Gasteiger partial charge in [0.25, 0.3) is 0 Å². The Balaban J connectivity index is 1.32. The topological polar surface area (TPSA) is 67.9 Å². The second-order valence-electron chi connectivity index (χ2n) is 7.75. The Bertz CT molecular complexity index is 774. The first-order valence-electron chi connectivity index (χ1n) is 9.73. The highest BCUT2D eigenvalue weighted by molar-refractivity contribution is 5.50. The third-order valence-corrected chi connectivity index (χ3v) is 5.82. The number of piperidine rings is 1. The molecule has 0 bridgehead atoms. The molecule has 5 rings (SSSR count). The van der Waals surface area contributed by atoms with Crippen LogP contribution >= 0.6 is 0 Å². The Hall–Kier alpha value is -1.98. The van der Waals surface area contributed by atoms with E-state index in [2.05, 4.69) is 20.0 Å². The minimum atomic E-state index is 0.422. The summed E-state index contributed by atoms with van der Waals surface area (Å²) in [5, 5.41) is 4.25. The Labute approximate surface area is 148 Å². The minimum Gasteiger partial charge on any atom is -0.356 e. The van der Waals surface area contributed by atoms with Crippen molar-refractivity contribution in [1.82, 2.24) is 20.1 Å². The van der Waals surface area contributed by atoms with Gasteiger partial charge in [-0.25, -0.2) is 9.97 Å². The van der Waals surface area contributed by atoms with Gasteiger partial charge in [-0.15, -0.1) is 0 Å². The van der Waals surface area contributed by atoms with Crippen LogP contribution in [0.4, 0.5) is 5.82 Å². The van der Waals surface area contributed by atoms with Crippen molar-refractivity contribution >= 4 is 5.82 Å². The molecule has 6 heteroatoms. The van der Waals surface area contributed by atoms with E-state index in [4.69, 9.17) is 9.51 Å². The van der Waals surface area contributed by atoms with Crippen molar-refractivity contribution in [2.24, 2.45) is 0 Å². The van der Waals surface area contributed by atoms with Crippen LogP contribution in [-0.4, -0.2) is 33.2 Å². The summed E-state index contributed by atoms with van der Waals surface area (Å²) in [6.07, 6.45) is 9.30. The third-order valence-electron chi connectivity index (χ3n) is 5.82. The van der Waals surface area contributed by atoms with Crippen LogP contribution < -0.4 is 4.90 Å². The maximum absolute atomic E-state index is 5.45. The van der Waals surface area contributed by atoms with Gasteiger partial charge in [0.1, 0.15) is 11.6 Å². The van der Waals surface area contributed by atoms with Crippen LogP contribution in [0.3, 0.4) is 0 Å². The fraction of sp³-hybridized carbons (Fsp3) is 0.684. The molecule has 2 fully saturated rings. The van der Waals surface area contributed by atoms with Crippen LogP contribution in [0.25, 0.3) is 0 Å². The molecule has 0 spiro atoms. The Morgan fingerprint density at radius 3 is 2.52 bits per heavy atom. The highest BCUT2D eigenvalue weighted by Crippen LogP contribution is 2.40. The fourth-order valence-electron chi connectivity index (χ4n) is 4.21. The summed E-state index contributed by atoms with van der Waals surface area (Å²) >= 11 is 0. The molecular formula is C19H25N5O. The largest absolute Gasteiger partial charge is 0.356 e. The van der Waals surface area contributed by atoms with Crippen LogP contribution in [0, 0.1) is 6.92 Å². The molecule has 0 unspecified atom stereocenters. The molecule has 132 valence electrons. The predicted octanol–water partition coefficient (Wildman–Crippen LogP) is 3.31. The first-order valence-corrected chi connectivity index (χ1v) is 9.73. The molecule has 2 aliphatic carbocycles. The van der Waals surface area contributed by atoms with Gasteiger partial charge in [-0.05, 0) is 58.3 Å². The van der Waals surface area contributed by atoms with Crippen molar-refractivity contribution in [2.75, 3.05) is 18.0 Å². The van der Waals surface area contributed by atoms with E-state index in [1.54, 1.807) is 0 Å². The molecule has 0 atom stereocenters. The maximum atomic E-state index is 5.45. The molecule has 3 aliphatic rings. The zero-order valence-electron chi connectivity index (χ0n) is 14.9. The number of rotatable bonds is 3. The van der Waals surface area contributed by atoms with E-state index in [0.29, 0.717) is 11.8 Å². The molecule has 0 aromatic carbocycles.